The van der Waals surface area contributed by atoms with Gasteiger partial charge in [0, 0.05) is 50.5 Å². The molecule has 2 aliphatic heterocycles. The van der Waals surface area contributed by atoms with Crippen molar-refractivity contribution in [2.45, 2.75) is 19.2 Å². The van der Waals surface area contributed by atoms with Crippen LogP contribution in [0.3, 0.4) is 0 Å². The summed E-state index contributed by atoms with van der Waals surface area (Å²) in [6, 6.07) is 22.3. The maximum absolute atomic E-state index is 13.5. The van der Waals surface area contributed by atoms with Gasteiger partial charge in [0.25, 0.3) is 5.91 Å². The van der Waals surface area contributed by atoms with Gasteiger partial charge in [0.1, 0.15) is 12.4 Å². The van der Waals surface area contributed by atoms with Gasteiger partial charge in [-0.05, 0) is 55.5 Å². The molecule has 0 bridgehead atoms. The van der Waals surface area contributed by atoms with Crippen LogP contribution in [0, 0.1) is 11.3 Å². The van der Waals surface area contributed by atoms with Gasteiger partial charge in [-0.3, -0.25) is 19.5 Å². The Hall–Kier alpha value is -3.93. The monoisotopic (exact) mass is 483 g/mol. The number of hydrogen-bond acceptors (Lipinski definition) is 7. The first kappa shape index (κ1) is 23.8. The van der Waals surface area contributed by atoms with Crippen molar-refractivity contribution in [2.75, 3.05) is 44.2 Å². The highest BCUT2D eigenvalue weighted by Gasteiger charge is 2.32. The van der Waals surface area contributed by atoms with E-state index < -0.39 is 0 Å². The van der Waals surface area contributed by atoms with Gasteiger partial charge in [-0.1, -0.05) is 18.2 Å². The first-order valence-electron chi connectivity index (χ1n) is 12.2. The van der Waals surface area contributed by atoms with Gasteiger partial charge in [-0.2, -0.15) is 5.26 Å². The average molecular weight is 484 g/mol. The van der Waals surface area contributed by atoms with Crippen molar-refractivity contribution in [3.63, 3.8) is 0 Å². The zero-order chi connectivity index (χ0) is 24.9. The molecule has 1 aromatic heterocycles. The molecule has 2 unspecified atom stereocenters. The van der Waals surface area contributed by atoms with E-state index in [1.807, 2.05) is 42.5 Å². The van der Waals surface area contributed by atoms with E-state index in [1.54, 1.807) is 35.4 Å². The molecule has 1 amide bonds. The van der Waals surface area contributed by atoms with Gasteiger partial charge in [0.2, 0.25) is 0 Å². The van der Waals surface area contributed by atoms with Crippen LogP contribution in [0.25, 0.3) is 0 Å². The van der Waals surface area contributed by atoms with E-state index in [2.05, 4.69) is 27.8 Å². The number of carbonyl (C=O) groups is 1. The number of aromatic nitrogens is 1. The zero-order valence-electron chi connectivity index (χ0n) is 20.3. The highest BCUT2D eigenvalue weighted by molar-refractivity contribution is 6.05. The summed E-state index contributed by atoms with van der Waals surface area (Å²) in [4.78, 5) is 24.4. The normalized spacial score (nSPS) is 18.7. The predicted octanol–water partition coefficient (Wildman–Crippen LogP) is 3.40. The van der Waals surface area contributed by atoms with E-state index in [1.165, 1.54) is 0 Å². The number of pyridine rings is 1. The molecule has 5 rings (SSSR count). The van der Waals surface area contributed by atoms with Crippen LogP contribution in [-0.4, -0.2) is 72.3 Å². The highest BCUT2D eigenvalue weighted by Crippen LogP contribution is 2.32. The Labute approximate surface area is 211 Å². The Kier molecular flexibility index (Phi) is 7.12. The van der Waals surface area contributed by atoms with Crippen molar-refractivity contribution in [3.05, 3.63) is 84.1 Å². The number of para-hydroxylation sites is 2. The Balaban J connectivity index is 1.23. The van der Waals surface area contributed by atoms with Gasteiger partial charge in [0.05, 0.1) is 11.6 Å². The highest BCUT2D eigenvalue weighted by atomic mass is 16.6. The van der Waals surface area contributed by atoms with Crippen molar-refractivity contribution in [2.24, 2.45) is 0 Å². The minimum absolute atomic E-state index is 0.0969. The number of rotatable bonds is 6. The number of ether oxygens (including phenoxy) is 2. The summed E-state index contributed by atoms with van der Waals surface area (Å²) in [5.41, 5.74) is 1.06. The minimum atomic E-state index is -0.130. The molecule has 1 saturated heterocycles. The lowest BCUT2D eigenvalue weighted by Gasteiger charge is -2.42. The number of benzene rings is 2. The van der Waals surface area contributed by atoms with Crippen molar-refractivity contribution >= 4 is 11.7 Å². The fourth-order valence-corrected chi connectivity index (χ4v) is 4.67. The Morgan fingerprint density at radius 3 is 2.47 bits per heavy atom. The second-order valence-corrected chi connectivity index (χ2v) is 9.04. The molecule has 0 spiro atoms. The number of nitrogens with zero attached hydrogens (tertiary/aromatic N) is 5. The lowest BCUT2D eigenvalue weighted by atomic mass is 10.1. The number of anilines is 1. The molecule has 3 heterocycles. The second kappa shape index (κ2) is 10.8. The summed E-state index contributed by atoms with van der Waals surface area (Å²) in [5, 5.41) is 9.08. The fourth-order valence-electron chi connectivity index (χ4n) is 4.67. The van der Waals surface area contributed by atoms with E-state index >= 15 is 0 Å². The van der Waals surface area contributed by atoms with Crippen LogP contribution in [0.5, 0.6) is 11.5 Å². The average Bonchev–Trinajstić information content (AvgIpc) is 2.95. The van der Waals surface area contributed by atoms with E-state index in [-0.39, 0.29) is 18.2 Å². The summed E-state index contributed by atoms with van der Waals surface area (Å²) >= 11 is 0. The minimum Gasteiger partial charge on any atom is -0.484 e. The van der Waals surface area contributed by atoms with Crippen LogP contribution in [0.4, 0.5) is 5.82 Å². The molecule has 8 nitrogen and oxygen atoms in total. The number of carbonyl (C=O) groups excluding carboxylic acids is 1. The fraction of sp³-hybridized carbons (Fsp3) is 0.321. The van der Waals surface area contributed by atoms with Crippen molar-refractivity contribution in [1.29, 1.82) is 5.26 Å². The Bertz CT molecular complexity index is 1220. The summed E-state index contributed by atoms with van der Waals surface area (Å²) in [7, 11) is 0. The summed E-state index contributed by atoms with van der Waals surface area (Å²) < 4.78 is 12.1. The third-order valence-corrected chi connectivity index (χ3v) is 6.75. The lowest BCUT2D eigenvalue weighted by molar-refractivity contribution is -0.0530. The molecule has 2 aromatic carbocycles. The largest absolute Gasteiger partial charge is 0.484 e. The van der Waals surface area contributed by atoms with E-state index in [0.29, 0.717) is 30.1 Å². The summed E-state index contributed by atoms with van der Waals surface area (Å²) in [6.45, 7) is 6.61. The van der Waals surface area contributed by atoms with Crippen LogP contribution in [0.2, 0.25) is 0 Å². The standard InChI is InChI=1S/C28H29N5O3/c1-21(31-14-16-32(17-15-31)27-20-35-24-6-2-3-7-25(24)36-27)19-33(26-8-4-5-13-30-26)28(34)23-11-9-22(18-29)10-12-23/h2-13,21,27H,14-17,19-20H2,1H3. The molecule has 1 fully saturated rings. The Morgan fingerprint density at radius 2 is 1.78 bits per heavy atom. The molecule has 0 saturated carbocycles. The van der Waals surface area contributed by atoms with Gasteiger partial charge >= 0.3 is 0 Å². The van der Waals surface area contributed by atoms with Gasteiger partial charge in [-0.25, -0.2) is 4.98 Å². The maximum Gasteiger partial charge on any atom is 0.259 e. The van der Waals surface area contributed by atoms with E-state index in [9.17, 15) is 4.79 Å². The van der Waals surface area contributed by atoms with Gasteiger partial charge in [-0.15, -0.1) is 0 Å². The smallest absolute Gasteiger partial charge is 0.259 e. The second-order valence-electron chi connectivity index (χ2n) is 9.04. The molecule has 184 valence electrons. The third kappa shape index (κ3) is 5.18. The van der Waals surface area contributed by atoms with Crippen LogP contribution < -0.4 is 14.4 Å². The molecule has 36 heavy (non-hydrogen) atoms. The summed E-state index contributed by atoms with van der Waals surface area (Å²) in [5.74, 6) is 2.07. The molecule has 0 radical (unpaired) electrons. The molecular weight excluding hydrogens is 454 g/mol. The third-order valence-electron chi connectivity index (χ3n) is 6.75. The molecular formula is C28H29N5O3. The van der Waals surface area contributed by atoms with Crippen molar-refractivity contribution in [1.82, 2.24) is 14.8 Å². The lowest BCUT2D eigenvalue weighted by Crippen LogP contribution is -2.57. The van der Waals surface area contributed by atoms with E-state index in [4.69, 9.17) is 14.7 Å². The molecule has 2 aliphatic rings. The predicted molar refractivity (Wildman–Crippen MR) is 136 cm³/mol. The number of hydrogen-bond donors (Lipinski definition) is 0. The van der Waals surface area contributed by atoms with Crippen molar-refractivity contribution in [3.8, 4) is 17.6 Å². The molecule has 8 heteroatoms. The first-order valence-corrected chi connectivity index (χ1v) is 12.2. The van der Waals surface area contributed by atoms with Gasteiger partial charge in [0.15, 0.2) is 17.7 Å². The number of nitriles is 1. The quantitative estimate of drug-likeness (QED) is 0.531. The number of fused-ring (bicyclic) bond motifs is 1. The van der Waals surface area contributed by atoms with Crippen LogP contribution in [-0.2, 0) is 0 Å². The molecule has 3 aromatic rings. The van der Waals surface area contributed by atoms with Crippen LogP contribution >= 0.6 is 0 Å². The Morgan fingerprint density at radius 1 is 1.06 bits per heavy atom. The number of amides is 1. The topological polar surface area (TPSA) is 81.9 Å². The zero-order valence-corrected chi connectivity index (χ0v) is 20.3. The van der Waals surface area contributed by atoms with Crippen LogP contribution in [0.15, 0.2) is 72.9 Å². The summed E-state index contributed by atoms with van der Waals surface area (Å²) in [6.07, 6.45) is 1.60. The molecule has 0 aliphatic carbocycles. The molecule has 0 N–H and O–H groups in total. The van der Waals surface area contributed by atoms with Gasteiger partial charge < -0.3 is 9.47 Å². The first-order chi connectivity index (χ1) is 17.6. The maximum atomic E-state index is 13.5. The van der Waals surface area contributed by atoms with E-state index in [0.717, 1.165) is 37.7 Å². The number of piperazine rings is 1. The molecule has 2 atom stereocenters. The SMILES string of the molecule is CC(CN(C(=O)c1ccc(C#N)cc1)c1ccccn1)N1CCN(C2COc3ccccc3O2)CC1. The van der Waals surface area contributed by atoms with Crippen LogP contribution in [0.1, 0.15) is 22.8 Å². The van der Waals surface area contributed by atoms with Crippen molar-refractivity contribution < 1.29 is 14.3 Å².